The molecule has 0 bridgehead atoms. The molecule has 6 rings (SSSR count). The summed E-state index contributed by atoms with van der Waals surface area (Å²) in [5.74, 6) is 2.03. The van der Waals surface area contributed by atoms with Gasteiger partial charge in [0.15, 0.2) is 0 Å². The standard InChI is InChI=1S/C22H28N4O2/c27-21-6-3-14-10-15(14)11-16-4-5-19(26(16)21)22(28)25-13-20-18(25)7-9-24(20)17-2-1-8-23-12-17/h1-2,8,12,14-16,18-20H,3-7,9-11,13H2/t14-,15+,16+,18+,19-,20+/m0/s1. The van der Waals surface area contributed by atoms with Gasteiger partial charge in [-0.05, 0) is 62.5 Å². The molecule has 0 radical (unpaired) electrons. The molecular weight excluding hydrogens is 352 g/mol. The van der Waals surface area contributed by atoms with Gasteiger partial charge >= 0.3 is 0 Å². The normalized spacial score (nSPS) is 38.9. The molecular formula is C22H28N4O2. The molecule has 0 aromatic carbocycles. The van der Waals surface area contributed by atoms with Crippen LogP contribution in [0.5, 0.6) is 0 Å². The number of carbonyl (C=O) groups excluding carboxylic acids is 2. The Hall–Kier alpha value is -2.11. The number of aromatic nitrogens is 1. The minimum absolute atomic E-state index is 0.207. The summed E-state index contributed by atoms with van der Waals surface area (Å²) < 4.78 is 0. The van der Waals surface area contributed by atoms with Crippen molar-refractivity contribution in [3.8, 4) is 0 Å². The first-order valence-corrected chi connectivity index (χ1v) is 11.0. The van der Waals surface area contributed by atoms with Gasteiger partial charge in [0, 0.05) is 31.7 Å². The van der Waals surface area contributed by atoms with Gasteiger partial charge in [0.25, 0.3) is 0 Å². The van der Waals surface area contributed by atoms with Crippen LogP contribution in [0.1, 0.15) is 44.9 Å². The smallest absolute Gasteiger partial charge is 0.245 e. The van der Waals surface area contributed by atoms with Crippen molar-refractivity contribution in [2.24, 2.45) is 11.8 Å². The van der Waals surface area contributed by atoms with Crippen molar-refractivity contribution < 1.29 is 9.59 Å². The summed E-state index contributed by atoms with van der Waals surface area (Å²) in [5.41, 5.74) is 1.15. The van der Waals surface area contributed by atoms with Crippen LogP contribution in [0.25, 0.3) is 0 Å². The van der Waals surface area contributed by atoms with E-state index < -0.39 is 0 Å². The lowest BCUT2D eigenvalue weighted by Crippen LogP contribution is -2.66. The maximum atomic E-state index is 13.4. The van der Waals surface area contributed by atoms with Crippen molar-refractivity contribution in [3.63, 3.8) is 0 Å². The van der Waals surface area contributed by atoms with Crippen LogP contribution in [0.15, 0.2) is 24.5 Å². The van der Waals surface area contributed by atoms with Crippen LogP contribution in [-0.4, -0.2) is 63.9 Å². The lowest BCUT2D eigenvalue weighted by molar-refractivity contribution is -0.151. The summed E-state index contributed by atoms with van der Waals surface area (Å²) in [6, 6.07) is 4.88. The highest BCUT2D eigenvalue weighted by atomic mass is 16.2. The number of amides is 2. The Morgan fingerprint density at radius 1 is 1.07 bits per heavy atom. The molecule has 28 heavy (non-hydrogen) atoms. The third-order valence-electron chi connectivity index (χ3n) is 8.00. The Bertz CT molecular complexity index is 799. The quantitative estimate of drug-likeness (QED) is 0.788. The molecule has 148 valence electrons. The van der Waals surface area contributed by atoms with Crippen LogP contribution in [0.2, 0.25) is 0 Å². The number of fused-ring (bicyclic) bond motifs is 3. The molecule has 4 aliphatic heterocycles. The molecule has 0 unspecified atom stereocenters. The molecule has 5 heterocycles. The zero-order chi connectivity index (χ0) is 18.8. The molecule has 6 heteroatoms. The van der Waals surface area contributed by atoms with Gasteiger partial charge in [-0.15, -0.1) is 0 Å². The predicted molar refractivity (Wildman–Crippen MR) is 105 cm³/mol. The van der Waals surface area contributed by atoms with Crippen molar-refractivity contribution in [2.75, 3.05) is 18.0 Å². The molecule has 1 aromatic heterocycles. The second kappa shape index (κ2) is 6.19. The summed E-state index contributed by atoms with van der Waals surface area (Å²) in [6.45, 7) is 1.76. The van der Waals surface area contributed by atoms with E-state index in [0.29, 0.717) is 24.5 Å². The van der Waals surface area contributed by atoms with E-state index in [2.05, 4.69) is 20.9 Å². The third-order valence-corrected chi connectivity index (χ3v) is 8.00. The molecule has 2 amide bonds. The lowest BCUT2D eigenvalue weighted by Gasteiger charge is -2.49. The number of likely N-dealkylation sites (tertiary alicyclic amines) is 1. The second-order valence-electron chi connectivity index (χ2n) is 9.40. The largest absolute Gasteiger partial charge is 0.363 e. The van der Waals surface area contributed by atoms with Crippen LogP contribution in [-0.2, 0) is 9.59 Å². The Kier molecular flexibility index (Phi) is 3.72. The van der Waals surface area contributed by atoms with E-state index >= 15 is 0 Å². The number of carbonyl (C=O) groups is 2. The minimum Gasteiger partial charge on any atom is -0.363 e. The fourth-order valence-corrected chi connectivity index (χ4v) is 6.38. The van der Waals surface area contributed by atoms with Gasteiger partial charge in [-0.25, -0.2) is 0 Å². The Balaban J connectivity index is 1.16. The molecule has 5 fully saturated rings. The SMILES string of the molecule is O=C([C@@H]1CC[C@@H]2C[C@H]3C[C@@H]3CCC(=O)N21)N1C[C@@H]2[C@H]1CCN2c1cccnc1. The Morgan fingerprint density at radius 2 is 2.00 bits per heavy atom. The first-order valence-electron chi connectivity index (χ1n) is 11.0. The topological polar surface area (TPSA) is 56.8 Å². The molecule has 1 saturated carbocycles. The summed E-state index contributed by atoms with van der Waals surface area (Å²) in [6.07, 6.45) is 10.7. The highest BCUT2D eigenvalue weighted by Gasteiger charge is 2.54. The maximum Gasteiger partial charge on any atom is 0.245 e. The lowest BCUT2D eigenvalue weighted by atomic mass is 9.95. The first kappa shape index (κ1) is 16.8. The number of pyridine rings is 1. The van der Waals surface area contributed by atoms with Crippen molar-refractivity contribution in [1.82, 2.24) is 14.8 Å². The van der Waals surface area contributed by atoms with Gasteiger partial charge in [-0.3, -0.25) is 14.6 Å². The number of anilines is 1. The van der Waals surface area contributed by atoms with E-state index in [4.69, 9.17) is 0 Å². The predicted octanol–water partition coefficient (Wildman–Crippen LogP) is 2.05. The second-order valence-corrected chi connectivity index (χ2v) is 9.40. The van der Waals surface area contributed by atoms with E-state index in [1.807, 2.05) is 17.2 Å². The zero-order valence-electron chi connectivity index (χ0n) is 16.2. The van der Waals surface area contributed by atoms with Crippen molar-refractivity contribution in [3.05, 3.63) is 24.5 Å². The molecule has 1 aliphatic carbocycles. The van der Waals surface area contributed by atoms with E-state index in [1.165, 1.54) is 6.42 Å². The number of nitrogens with zero attached hydrogens (tertiary/aromatic N) is 4. The van der Waals surface area contributed by atoms with Gasteiger partial charge in [0.2, 0.25) is 11.8 Å². The summed E-state index contributed by atoms with van der Waals surface area (Å²) in [4.78, 5) is 37.0. The van der Waals surface area contributed by atoms with Gasteiger partial charge in [0.05, 0.1) is 24.0 Å². The van der Waals surface area contributed by atoms with E-state index in [-0.39, 0.29) is 17.9 Å². The fraction of sp³-hybridized carbons (Fsp3) is 0.682. The average molecular weight is 380 g/mol. The average Bonchev–Trinajstić information content (AvgIpc) is 3.13. The first-order chi connectivity index (χ1) is 13.7. The minimum atomic E-state index is -0.207. The van der Waals surface area contributed by atoms with E-state index in [1.54, 1.807) is 6.20 Å². The Labute approximate surface area is 165 Å². The number of hydrogen-bond acceptors (Lipinski definition) is 4. The molecule has 6 nitrogen and oxygen atoms in total. The Morgan fingerprint density at radius 3 is 2.86 bits per heavy atom. The van der Waals surface area contributed by atoms with Gasteiger partial charge in [-0.2, -0.15) is 0 Å². The van der Waals surface area contributed by atoms with E-state index in [9.17, 15) is 9.59 Å². The van der Waals surface area contributed by atoms with E-state index in [0.717, 1.165) is 62.7 Å². The molecule has 1 aromatic rings. The summed E-state index contributed by atoms with van der Waals surface area (Å²) >= 11 is 0. The van der Waals surface area contributed by atoms with Crippen LogP contribution in [0.4, 0.5) is 5.69 Å². The van der Waals surface area contributed by atoms with Crippen LogP contribution in [0, 0.1) is 11.8 Å². The summed E-state index contributed by atoms with van der Waals surface area (Å²) in [5, 5.41) is 0. The highest BCUT2D eigenvalue weighted by Crippen LogP contribution is 2.49. The fourth-order valence-electron chi connectivity index (χ4n) is 6.38. The zero-order valence-corrected chi connectivity index (χ0v) is 16.2. The highest BCUT2D eigenvalue weighted by molar-refractivity contribution is 5.89. The van der Waals surface area contributed by atoms with Crippen molar-refractivity contribution >= 4 is 17.5 Å². The summed E-state index contributed by atoms with van der Waals surface area (Å²) in [7, 11) is 0. The van der Waals surface area contributed by atoms with Crippen LogP contribution >= 0.6 is 0 Å². The van der Waals surface area contributed by atoms with Crippen molar-refractivity contribution in [1.29, 1.82) is 0 Å². The number of hydrogen-bond donors (Lipinski definition) is 0. The van der Waals surface area contributed by atoms with Gasteiger partial charge < -0.3 is 14.7 Å². The van der Waals surface area contributed by atoms with Gasteiger partial charge in [0.1, 0.15) is 6.04 Å². The van der Waals surface area contributed by atoms with Crippen LogP contribution < -0.4 is 4.90 Å². The molecule has 5 aliphatic rings. The van der Waals surface area contributed by atoms with Gasteiger partial charge in [-0.1, -0.05) is 0 Å². The molecule has 6 atom stereocenters. The molecule has 0 spiro atoms. The van der Waals surface area contributed by atoms with Crippen LogP contribution in [0.3, 0.4) is 0 Å². The third kappa shape index (κ3) is 2.49. The van der Waals surface area contributed by atoms with Crippen molar-refractivity contribution in [2.45, 2.75) is 69.1 Å². The monoisotopic (exact) mass is 380 g/mol. The molecule has 0 N–H and O–H groups in total. The number of rotatable bonds is 2. The molecule has 4 saturated heterocycles. The maximum absolute atomic E-state index is 13.4.